The van der Waals surface area contributed by atoms with Gasteiger partial charge >= 0.3 is 0 Å². The fourth-order valence-electron chi connectivity index (χ4n) is 2.14. The number of benzene rings is 1. The van der Waals surface area contributed by atoms with Crippen molar-refractivity contribution in [3.05, 3.63) is 33.3 Å². The normalized spacial score (nSPS) is 18.1. The Morgan fingerprint density at radius 3 is 2.50 bits per heavy atom. The molecule has 1 aromatic rings. The SMILES string of the molecule is NC1CCN(S(=O)(=O)c2c(Cl)cccc2[N+](=O)[O-])CC1. The molecule has 110 valence electrons. The standard InChI is InChI=1S/C11H14ClN3O4S/c12-9-2-1-3-10(15(16)17)11(9)20(18,19)14-6-4-8(13)5-7-14/h1-3,8H,4-7,13H2. The van der Waals surface area contributed by atoms with E-state index < -0.39 is 25.5 Å². The Kier molecular flexibility index (Phi) is 4.28. The van der Waals surface area contributed by atoms with Gasteiger partial charge in [0.05, 0.1) is 9.95 Å². The minimum Gasteiger partial charge on any atom is -0.328 e. The Bertz CT molecular complexity index is 627. The Hall–Kier alpha value is -1.22. The van der Waals surface area contributed by atoms with Gasteiger partial charge in [0.15, 0.2) is 4.90 Å². The first-order valence-electron chi connectivity index (χ1n) is 6.02. The van der Waals surface area contributed by atoms with Crippen LogP contribution in [0.3, 0.4) is 0 Å². The van der Waals surface area contributed by atoms with E-state index in [0.29, 0.717) is 12.8 Å². The Balaban J connectivity index is 2.47. The molecule has 1 aromatic carbocycles. The molecule has 0 bridgehead atoms. The van der Waals surface area contributed by atoms with Crippen LogP contribution in [0.1, 0.15) is 12.8 Å². The van der Waals surface area contributed by atoms with Crippen LogP contribution in [-0.4, -0.2) is 36.8 Å². The fourth-order valence-corrected chi connectivity index (χ4v) is 4.27. The van der Waals surface area contributed by atoms with Crippen LogP contribution in [0, 0.1) is 10.1 Å². The minimum atomic E-state index is -3.99. The summed E-state index contributed by atoms with van der Waals surface area (Å²) >= 11 is 5.87. The molecular formula is C11H14ClN3O4S. The zero-order valence-corrected chi connectivity index (χ0v) is 12.1. The maximum Gasteiger partial charge on any atom is 0.290 e. The number of nitrogens with zero attached hydrogens (tertiary/aromatic N) is 2. The van der Waals surface area contributed by atoms with Gasteiger partial charge in [0.2, 0.25) is 0 Å². The molecule has 9 heteroatoms. The van der Waals surface area contributed by atoms with Crippen molar-refractivity contribution in [3.63, 3.8) is 0 Å². The third kappa shape index (κ3) is 2.78. The number of nitro groups is 1. The Morgan fingerprint density at radius 1 is 1.35 bits per heavy atom. The van der Waals surface area contributed by atoms with E-state index in [-0.39, 0.29) is 24.2 Å². The number of nitro benzene ring substituents is 1. The molecular weight excluding hydrogens is 306 g/mol. The number of halogens is 1. The van der Waals surface area contributed by atoms with Gasteiger partial charge in [0.25, 0.3) is 15.7 Å². The molecule has 1 aliphatic rings. The van der Waals surface area contributed by atoms with Crippen LogP contribution in [-0.2, 0) is 10.0 Å². The van der Waals surface area contributed by atoms with Crippen molar-refractivity contribution in [1.29, 1.82) is 0 Å². The summed E-state index contributed by atoms with van der Waals surface area (Å²) in [6.07, 6.45) is 1.05. The lowest BCUT2D eigenvalue weighted by molar-refractivity contribution is -0.387. The van der Waals surface area contributed by atoms with E-state index in [4.69, 9.17) is 17.3 Å². The summed E-state index contributed by atoms with van der Waals surface area (Å²) in [4.78, 5) is 9.82. The molecule has 0 aliphatic carbocycles. The van der Waals surface area contributed by atoms with Crippen LogP contribution in [0.25, 0.3) is 0 Å². The van der Waals surface area contributed by atoms with Crippen molar-refractivity contribution >= 4 is 27.3 Å². The molecule has 0 unspecified atom stereocenters. The summed E-state index contributed by atoms with van der Waals surface area (Å²) in [6.45, 7) is 0.484. The van der Waals surface area contributed by atoms with Crippen LogP contribution in [0.4, 0.5) is 5.69 Å². The number of hydrogen-bond donors (Lipinski definition) is 1. The summed E-state index contributed by atoms with van der Waals surface area (Å²) in [7, 11) is -3.99. The van der Waals surface area contributed by atoms with Crippen LogP contribution >= 0.6 is 11.6 Å². The first kappa shape index (κ1) is 15.2. The van der Waals surface area contributed by atoms with E-state index in [0.717, 1.165) is 6.07 Å². The first-order valence-corrected chi connectivity index (χ1v) is 7.84. The molecule has 7 nitrogen and oxygen atoms in total. The lowest BCUT2D eigenvalue weighted by atomic mass is 10.1. The van der Waals surface area contributed by atoms with E-state index in [1.807, 2.05) is 0 Å². The van der Waals surface area contributed by atoms with Gasteiger partial charge in [0.1, 0.15) is 0 Å². The van der Waals surface area contributed by atoms with Crippen molar-refractivity contribution in [3.8, 4) is 0 Å². The number of nitrogens with two attached hydrogens (primary N) is 1. The van der Waals surface area contributed by atoms with Gasteiger partial charge in [-0.1, -0.05) is 17.7 Å². The zero-order valence-electron chi connectivity index (χ0n) is 10.5. The molecule has 2 rings (SSSR count). The van der Waals surface area contributed by atoms with Gasteiger partial charge in [-0.05, 0) is 18.9 Å². The molecule has 0 radical (unpaired) electrons. The molecule has 2 N–H and O–H groups in total. The van der Waals surface area contributed by atoms with Crippen molar-refractivity contribution < 1.29 is 13.3 Å². The van der Waals surface area contributed by atoms with E-state index in [1.54, 1.807) is 0 Å². The summed E-state index contributed by atoms with van der Waals surface area (Å²) in [6, 6.07) is 3.78. The van der Waals surface area contributed by atoms with Gasteiger partial charge in [-0.25, -0.2) is 8.42 Å². The van der Waals surface area contributed by atoms with Crippen LogP contribution < -0.4 is 5.73 Å². The Morgan fingerprint density at radius 2 is 1.95 bits per heavy atom. The van der Waals surface area contributed by atoms with Crippen molar-refractivity contribution in [2.45, 2.75) is 23.8 Å². The molecule has 0 atom stereocenters. The molecule has 1 fully saturated rings. The lowest BCUT2D eigenvalue weighted by Gasteiger charge is -2.29. The van der Waals surface area contributed by atoms with Crippen LogP contribution in [0.2, 0.25) is 5.02 Å². The van der Waals surface area contributed by atoms with Crippen molar-refractivity contribution in [2.75, 3.05) is 13.1 Å². The molecule has 0 aromatic heterocycles. The largest absolute Gasteiger partial charge is 0.328 e. The second-order valence-corrected chi connectivity index (χ2v) is 6.87. The minimum absolute atomic E-state index is 0.0392. The average molecular weight is 320 g/mol. The smallest absolute Gasteiger partial charge is 0.290 e. The van der Waals surface area contributed by atoms with E-state index >= 15 is 0 Å². The average Bonchev–Trinajstić information content (AvgIpc) is 2.38. The molecule has 1 saturated heterocycles. The second-order valence-electron chi connectivity index (χ2n) is 4.59. The number of piperidine rings is 1. The Labute approximate surface area is 121 Å². The predicted octanol–water partition coefficient (Wildman–Crippen LogP) is 1.36. The van der Waals surface area contributed by atoms with E-state index in [1.165, 1.54) is 16.4 Å². The molecule has 0 saturated carbocycles. The monoisotopic (exact) mass is 319 g/mol. The zero-order chi connectivity index (χ0) is 14.9. The second kappa shape index (κ2) is 5.65. The molecule has 1 heterocycles. The fraction of sp³-hybridized carbons (Fsp3) is 0.455. The third-order valence-electron chi connectivity index (χ3n) is 3.24. The van der Waals surface area contributed by atoms with Crippen molar-refractivity contribution in [2.24, 2.45) is 5.73 Å². The quantitative estimate of drug-likeness (QED) is 0.668. The highest BCUT2D eigenvalue weighted by Crippen LogP contribution is 2.34. The summed E-state index contributed by atoms with van der Waals surface area (Å²) in [5, 5.41) is 10.9. The maximum atomic E-state index is 12.5. The highest BCUT2D eigenvalue weighted by atomic mass is 35.5. The highest BCUT2D eigenvalue weighted by Gasteiger charge is 2.35. The van der Waals surface area contributed by atoms with Gasteiger partial charge in [-0.15, -0.1) is 0 Å². The molecule has 0 amide bonds. The predicted molar refractivity (Wildman–Crippen MR) is 74.1 cm³/mol. The lowest BCUT2D eigenvalue weighted by Crippen LogP contribution is -2.42. The van der Waals surface area contributed by atoms with E-state index in [9.17, 15) is 18.5 Å². The molecule has 0 spiro atoms. The summed E-state index contributed by atoms with van der Waals surface area (Å²) in [5.41, 5.74) is 5.22. The highest BCUT2D eigenvalue weighted by molar-refractivity contribution is 7.89. The third-order valence-corrected chi connectivity index (χ3v) is 5.66. The van der Waals surface area contributed by atoms with Crippen LogP contribution in [0.5, 0.6) is 0 Å². The first-order chi connectivity index (χ1) is 9.34. The number of sulfonamides is 1. The molecule has 20 heavy (non-hydrogen) atoms. The van der Waals surface area contributed by atoms with Gasteiger partial charge in [-0.2, -0.15) is 4.31 Å². The van der Waals surface area contributed by atoms with Gasteiger partial charge in [-0.3, -0.25) is 10.1 Å². The maximum absolute atomic E-state index is 12.5. The number of rotatable bonds is 3. The van der Waals surface area contributed by atoms with Crippen LogP contribution in [0.15, 0.2) is 23.1 Å². The van der Waals surface area contributed by atoms with E-state index in [2.05, 4.69) is 0 Å². The van der Waals surface area contributed by atoms with Gasteiger partial charge < -0.3 is 5.73 Å². The van der Waals surface area contributed by atoms with Crippen molar-refractivity contribution in [1.82, 2.24) is 4.31 Å². The topological polar surface area (TPSA) is 107 Å². The molecule has 1 aliphatic heterocycles. The van der Waals surface area contributed by atoms with Gasteiger partial charge in [0, 0.05) is 25.2 Å². The summed E-state index contributed by atoms with van der Waals surface area (Å²) < 4.78 is 26.3. The number of hydrogen-bond acceptors (Lipinski definition) is 5. The summed E-state index contributed by atoms with van der Waals surface area (Å²) in [5.74, 6) is 0.